The number of piperidine rings is 1. The molecule has 17 heavy (non-hydrogen) atoms. The first-order valence-electron chi connectivity index (χ1n) is 5.54. The van der Waals surface area contributed by atoms with Gasteiger partial charge in [-0.25, -0.2) is 4.39 Å². The summed E-state index contributed by atoms with van der Waals surface area (Å²) in [7, 11) is 0. The molecule has 94 valence electrons. The Morgan fingerprint density at radius 3 is 3.00 bits per heavy atom. The molecule has 2 atom stereocenters. The maximum Gasteiger partial charge on any atom is 0.166 e. The average molecular weight is 260 g/mol. The van der Waals surface area contributed by atoms with Crippen LogP contribution >= 0.6 is 11.6 Å². The van der Waals surface area contributed by atoms with Crippen molar-refractivity contribution < 1.29 is 14.2 Å². The van der Waals surface area contributed by atoms with E-state index in [1.807, 2.05) is 0 Å². The van der Waals surface area contributed by atoms with Crippen molar-refractivity contribution in [2.45, 2.75) is 25.0 Å². The van der Waals surface area contributed by atoms with Gasteiger partial charge in [0.25, 0.3) is 0 Å². The van der Waals surface area contributed by atoms with E-state index in [-0.39, 0.29) is 5.75 Å². The van der Waals surface area contributed by atoms with Crippen molar-refractivity contribution in [2.75, 3.05) is 13.1 Å². The molecule has 2 rings (SSSR count). The zero-order valence-electron chi connectivity index (χ0n) is 9.54. The van der Waals surface area contributed by atoms with Crippen molar-refractivity contribution in [3.05, 3.63) is 29.0 Å². The Morgan fingerprint density at radius 2 is 2.35 bits per heavy atom. The number of aliphatic hydroxyl groups is 1. The van der Waals surface area contributed by atoms with Crippen LogP contribution in [0.1, 0.15) is 13.3 Å². The van der Waals surface area contributed by atoms with Gasteiger partial charge < -0.3 is 15.2 Å². The molecular weight excluding hydrogens is 245 g/mol. The van der Waals surface area contributed by atoms with Crippen LogP contribution in [0.4, 0.5) is 4.39 Å². The Bertz CT molecular complexity index is 411. The van der Waals surface area contributed by atoms with Crippen LogP contribution in [0.2, 0.25) is 5.02 Å². The van der Waals surface area contributed by atoms with Gasteiger partial charge in [-0.05, 0) is 38.1 Å². The predicted molar refractivity (Wildman–Crippen MR) is 63.9 cm³/mol. The van der Waals surface area contributed by atoms with Crippen LogP contribution in [0.15, 0.2) is 18.2 Å². The minimum absolute atomic E-state index is 0.114. The number of hydrogen-bond acceptors (Lipinski definition) is 3. The summed E-state index contributed by atoms with van der Waals surface area (Å²) in [6.45, 7) is 2.93. The van der Waals surface area contributed by atoms with Crippen LogP contribution in [0.3, 0.4) is 0 Å². The molecule has 1 aliphatic rings. The lowest BCUT2D eigenvalue weighted by Crippen LogP contribution is -2.55. The SMILES string of the molecule is CC1(O)CCNCC1Oc1ccc(Cl)cc1F. The van der Waals surface area contributed by atoms with Gasteiger partial charge in [-0.2, -0.15) is 0 Å². The fourth-order valence-corrected chi connectivity index (χ4v) is 2.01. The van der Waals surface area contributed by atoms with Crippen molar-refractivity contribution in [1.82, 2.24) is 5.32 Å². The van der Waals surface area contributed by atoms with Gasteiger partial charge >= 0.3 is 0 Å². The van der Waals surface area contributed by atoms with Crippen molar-refractivity contribution in [1.29, 1.82) is 0 Å². The van der Waals surface area contributed by atoms with Crippen LogP contribution in [0.5, 0.6) is 5.75 Å². The van der Waals surface area contributed by atoms with Gasteiger partial charge in [-0.1, -0.05) is 11.6 Å². The molecular formula is C12H15ClFNO2. The maximum absolute atomic E-state index is 13.5. The molecule has 0 aromatic heterocycles. The quantitative estimate of drug-likeness (QED) is 0.853. The Kier molecular flexibility index (Phi) is 3.56. The van der Waals surface area contributed by atoms with Crippen molar-refractivity contribution in [2.24, 2.45) is 0 Å². The third kappa shape index (κ3) is 2.89. The monoisotopic (exact) mass is 259 g/mol. The Morgan fingerprint density at radius 1 is 1.59 bits per heavy atom. The number of nitrogens with one attached hydrogen (secondary N) is 1. The molecule has 0 radical (unpaired) electrons. The third-order valence-electron chi connectivity index (χ3n) is 2.99. The lowest BCUT2D eigenvalue weighted by Gasteiger charge is -2.37. The molecule has 1 saturated heterocycles. The first-order chi connectivity index (χ1) is 7.99. The zero-order chi connectivity index (χ0) is 12.5. The molecule has 0 bridgehead atoms. The molecule has 0 amide bonds. The van der Waals surface area contributed by atoms with Crippen LogP contribution in [-0.4, -0.2) is 29.9 Å². The highest BCUT2D eigenvalue weighted by atomic mass is 35.5. The topological polar surface area (TPSA) is 41.5 Å². The fraction of sp³-hybridized carbons (Fsp3) is 0.500. The molecule has 0 spiro atoms. The van der Waals surface area contributed by atoms with E-state index in [1.165, 1.54) is 12.1 Å². The van der Waals surface area contributed by atoms with E-state index < -0.39 is 17.5 Å². The summed E-state index contributed by atoms with van der Waals surface area (Å²) in [6, 6.07) is 4.23. The summed E-state index contributed by atoms with van der Waals surface area (Å²) in [5.74, 6) is -0.401. The molecule has 2 unspecified atom stereocenters. The molecule has 0 aliphatic carbocycles. The number of halogens is 2. The Hall–Kier alpha value is -0.840. The van der Waals surface area contributed by atoms with Crippen molar-refractivity contribution in [3.63, 3.8) is 0 Å². The van der Waals surface area contributed by atoms with E-state index >= 15 is 0 Å². The fourth-order valence-electron chi connectivity index (χ4n) is 1.85. The van der Waals surface area contributed by atoms with Gasteiger partial charge in [0.2, 0.25) is 0 Å². The van der Waals surface area contributed by atoms with E-state index in [4.69, 9.17) is 16.3 Å². The first-order valence-corrected chi connectivity index (χ1v) is 5.91. The first kappa shape index (κ1) is 12.6. The summed E-state index contributed by atoms with van der Waals surface area (Å²) in [6.07, 6.45) is 0.110. The second kappa shape index (κ2) is 4.80. The Balaban J connectivity index is 2.14. The van der Waals surface area contributed by atoms with Gasteiger partial charge in [-0.3, -0.25) is 0 Å². The van der Waals surface area contributed by atoms with Gasteiger partial charge in [0, 0.05) is 11.6 Å². The standard InChI is InChI=1S/C12H15ClFNO2/c1-12(16)4-5-15-7-11(12)17-10-3-2-8(13)6-9(10)14/h2-3,6,11,15-16H,4-5,7H2,1H3. The second-order valence-corrected chi connectivity index (χ2v) is 4.93. The second-order valence-electron chi connectivity index (χ2n) is 4.49. The summed E-state index contributed by atoms with van der Waals surface area (Å²) in [5.41, 5.74) is -0.947. The molecule has 2 N–H and O–H groups in total. The summed E-state index contributed by atoms with van der Waals surface area (Å²) in [5, 5.41) is 13.6. The molecule has 1 aromatic rings. The molecule has 1 heterocycles. The molecule has 5 heteroatoms. The van der Waals surface area contributed by atoms with E-state index in [1.54, 1.807) is 13.0 Å². The van der Waals surface area contributed by atoms with Crippen molar-refractivity contribution in [3.8, 4) is 5.75 Å². The average Bonchev–Trinajstić information content (AvgIpc) is 2.24. The van der Waals surface area contributed by atoms with Gasteiger partial charge in [0.15, 0.2) is 11.6 Å². The summed E-state index contributed by atoms with van der Waals surface area (Å²) in [4.78, 5) is 0. The van der Waals surface area contributed by atoms with Crippen LogP contribution < -0.4 is 10.1 Å². The summed E-state index contributed by atoms with van der Waals surface area (Å²) >= 11 is 5.66. The largest absolute Gasteiger partial charge is 0.483 e. The highest BCUT2D eigenvalue weighted by molar-refractivity contribution is 6.30. The minimum Gasteiger partial charge on any atom is -0.483 e. The minimum atomic E-state index is -0.947. The number of hydrogen-bond donors (Lipinski definition) is 2. The van der Waals surface area contributed by atoms with Crippen LogP contribution in [0, 0.1) is 5.82 Å². The highest BCUT2D eigenvalue weighted by Gasteiger charge is 2.36. The molecule has 1 fully saturated rings. The van der Waals surface area contributed by atoms with E-state index in [2.05, 4.69) is 5.32 Å². The van der Waals surface area contributed by atoms with Gasteiger partial charge in [0.05, 0.1) is 0 Å². The van der Waals surface area contributed by atoms with Crippen LogP contribution in [-0.2, 0) is 0 Å². The molecule has 1 aromatic carbocycles. The maximum atomic E-state index is 13.5. The smallest absolute Gasteiger partial charge is 0.166 e. The van der Waals surface area contributed by atoms with E-state index in [0.29, 0.717) is 18.0 Å². The zero-order valence-corrected chi connectivity index (χ0v) is 10.3. The Labute approximate surface area is 105 Å². The number of rotatable bonds is 2. The lowest BCUT2D eigenvalue weighted by molar-refractivity contribution is -0.0668. The predicted octanol–water partition coefficient (Wildman–Crippen LogP) is 1.97. The van der Waals surface area contributed by atoms with Crippen molar-refractivity contribution >= 4 is 11.6 Å². The van der Waals surface area contributed by atoms with Gasteiger partial charge in [-0.15, -0.1) is 0 Å². The third-order valence-corrected chi connectivity index (χ3v) is 3.23. The molecule has 1 aliphatic heterocycles. The highest BCUT2D eigenvalue weighted by Crippen LogP contribution is 2.26. The molecule has 0 saturated carbocycles. The normalized spacial score (nSPS) is 29.1. The van der Waals surface area contributed by atoms with E-state index in [9.17, 15) is 9.50 Å². The van der Waals surface area contributed by atoms with E-state index in [0.717, 1.165) is 6.54 Å². The lowest BCUT2D eigenvalue weighted by atomic mass is 9.92. The number of benzene rings is 1. The van der Waals surface area contributed by atoms with Gasteiger partial charge in [0.1, 0.15) is 11.7 Å². The van der Waals surface area contributed by atoms with Crippen LogP contribution in [0.25, 0.3) is 0 Å². The molecule has 3 nitrogen and oxygen atoms in total. The number of ether oxygens (including phenoxy) is 1. The summed E-state index contributed by atoms with van der Waals surface area (Å²) < 4.78 is 19.1.